The van der Waals surface area contributed by atoms with Crippen molar-refractivity contribution >= 4 is 19.0 Å². The molecule has 112 valence electrons. The molecule has 0 spiro atoms. The molecule has 0 aliphatic carbocycles. The van der Waals surface area contributed by atoms with Gasteiger partial charge in [-0.05, 0) is 18.1 Å². The van der Waals surface area contributed by atoms with Crippen molar-refractivity contribution < 1.29 is 29.1 Å². The number of para-hydroxylation sites is 1. The number of methoxy groups -OCH3 is 1. The van der Waals surface area contributed by atoms with Crippen LogP contribution >= 0.6 is 0 Å². The molecule has 3 N–H and O–H groups in total. The van der Waals surface area contributed by atoms with Crippen LogP contribution in [0.3, 0.4) is 0 Å². The Balaban J connectivity index is 2.12. The van der Waals surface area contributed by atoms with Crippen LogP contribution in [-0.2, 0) is 16.0 Å². The molecule has 1 atom stereocenters. The summed E-state index contributed by atoms with van der Waals surface area (Å²) >= 11 is 0. The number of fused-ring (bicyclic) bond motifs is 1. The molecule has 1 aromatic carbocycles. The van der Waals surface area contributed by atoms with E-state index in [1.54, 1.807) is 12.1 Å². The normalized spacial score (nSPS) is 16.9. The minimum Gasteiger partial charge on any atom is -0.534 e. The Morgan fingerprint density at radius 3 is 2.95 bits per heavy atom. The molecule has 0 aromatic heterocycles. The van der Waals surface area contributed by atoms with E-state index in [1.807, 2.05) is 0 Å². The minimum absolute atomic E-state index is 0.00397. The summed E-state index contributed by atoms with van der Waals surface area (Å²) in [5, 5.41) is 21.7. The predicted molar refractivity (Wildman–Crippen MR) is 74.1 cm³/mol. The summed E-state index contributed by atoms with van der Waals surface area (Å²) in [6, 6.07) is 4.72. The Bertz CT molecular complexity index is 549. The molecule has 0 radical (unpaired) electrons. The molecule has 0 fully saturated rings. The fraction of sp³-hybridized carbons (Fsp3) is 0.385. The van der Waals surface area contributed by atoms with Crippen LogP contribution in [0.1, 0.15) is 22.3 Å². The molecular weight excluding hydrogens is 277 g/mol. The van der Waals surface area contributed by atoms with Gasteiger partial charge in [-0.3, -0.25) is 4.79 Å². The van der Waals surface area contributed by atoms with Gasteiger partial charge in [0.2, 0.25) is 5.91 Å². The number of hydrogen-bond acceptors (Lipinski definition) is 5. The molecule has 1 amide bonds. The number of carboxylic acids is 1. The Labute approximate surface area is 122 Å². The van der Waals surface area contributed by atoms with Crippen molar-refractivity contribution in [1.82, 2.24) is 5.32 Å². The second-order valence-electron chi connectivity index (χ2n) is 4.73. The predicted octanol–water partition coefficient (Wildman–Crippen LogP) is -0.139. The maximum atomic E-state index is 11.7. The van der Waals surface area contributed by atoms with Crippen LogP contribution in [0.25, 0.3) is 0 Å². The van der Waals surface area contributed by atoms with E-state index >= 15 is 0 Å². The second kappa shape index (κ2) is 6.60. The fourth-order valence-corrected chi connectivity index (χ4v) is 2.19. The summed E-state index contributed by atoms with van der Waals surface area (Å²) in [6.07, 6.45) is 0.484. The van der Waals surface area contributed by atoms with Crippen LogP contribution in [-0.4, -0.2) is 48.8 Å². The monoisotopic (exact) mass is 293 g/mol. The van der Waals surface area contributed by atoms with E-state index in [0.717, 1.165) is 0 Å². The molecule has 2 rings (SSSR count). The molecule has 0 saturated carbocycles. The standard InChI is InChI=1S/C13H16BNO6/c1-20-6-5-11(16)15-10-7-8-3-2-4-9(13(17)18)12(8)21-14(10)19/h2-4,10,19H,5-7H2,1H3,(H,15,16)(H,17,18). The van der Waals surface area contributed by atoms with Gasteiger partial charge in [0.05, 0.1) is 18.1 Å². The number of rotatable bonds is 5. The average molecular weight is 293 g/mol. The molecule has 1 unspecified atom stereocenters. The molecule has 1 aliphatic heterocycles. The largest absolute Gasteiger partial charge is 0.547 e. The summed E-state index contributed by atoms with van der Waals surface area (Å²) in [7, 11) is 0.208. The first-order chi connectivity index (χ1) is 10.0. The van der Waals surface area contributed by atoms with Gasteiger partial charge in [0, 0.05) is 13.5 Å². The van der Waals surface area contributed by atoms with Crippen molar-refractivity contribution in [3.63, 3.8) is 0 Å². The van der Waals surface area contributed by atoms with E-state index in [-0.39, 0.29) is 30.2 Å². The summed E-state index contributed by atoms with van der Waals surface area (Å²) in [5.74, 6) is -1.85. The Morgan fingerprint density at radius 2 is 2.29 bits per heavy atom. The van der Waals surface area contributed by atoms with Crippen molar-refractivity contribution in [2.75, 3.05) is 13.7 Å². The molecule has 0 saturated heterocycles. The molecule has 1 heterocycles. The summed E-state index contributed by atoms with van der Waals surface area (Å²) in [5.41, 5.74) is 0.632. The number of carbonyl (C=O) groups excluding carboxylic acids is 1. The van der Waals surface area contributed by atoms with E-state index in [1.165, 1.54) is 13.2 Å². The fourth-order valence-electron chi connectivity index (χ4n) is 2.19. The van der Waals surface area contributed by atoms with Crippen LogP contribution < -0.4 is 9.97 Å². The van der Waals surface area contributed by atoms with E-state index < -0.39 is 19.0 Å². The van der Waals surface area contributed by atoms with Crippen molar-refractivity contribution in [2.24, 2.45) is 0 Å². The second-order valence-corrected chi connectivity index (χ2v) is 4.73. The van der Waals surface area contributed by atoms with Crippen molar-refractivity contribution in [3.8, 4) is 5.75 Å². The first-order valence-corrected chi connectivity index (χ1v) is 6.51. The van der Waals surface area contributed by atoms with Crippen LogP contribution in [0.5, 0.6) is 5.75 Å². The maximum Gasteiger partial charge on any atom is 0.547 e. The highest BCUT2D eigenvalue weighted by molar-refractivity contribution is 6.47. The Morgan fingerprint density at radius 1 is 1.52 bits per heavy atom. The van der Waals surface area contributed by atoms with Gasteiger partial charge in [0.1, 0.15) is 5.75 Å². The Kier molecular flexibility index (Phi) is 4.82. The lowest BCUT2D eigenvalue weighted by Crippen LogP contribution is -2.53. The number of carboxylic acid groups (broad SMARTS) is 1. The quantitative estimate of drug-likeness (QED) is 0.653. The van der Waals surface area contributed by atoms with Gasteiger partial charge in [0.15, 0.2) is 0 Å². The SMILES string of the molecule is COCCC(=O)NC1Cc2cccc(C(=O)O)c2OB1O. The van der Waals surface area contributed by atoms with E-state index in [9.17, 15) is 14.6 Å². The molecule has 7 nitrogen and oxygen atoms in total. The zero-order valence-electron chi connectivity index (χ0n) is 11.5. The highest BCUT2D eigenvalue weighted by Crippen LogP contribution is 2.30. The number of amides is 1. The van der Waals surface area contributed by atoms with Crippen LogP contribution in [0.4, 0.5) is 0 Å². The summed E-state index contributed by atoms with van der Waals surface area (Å²) < 4.78 is 10.1. The van der Waals surface area contributed by atoms with Gasteiger partial charge >= 0.3 is 13.1 Å². The topological polar surface area (TPSA) is 105 Å². The van der Waals surface area contributed by atoms with Crippen molar-refractivity contribution in [2.45, 2.75) is 18.8 Å². The van der Waals surface area contributed by atoms with Crippen LogP contribution in [0.2, 0.25) is 0 Å². The first-order valence-electron chi connectivity index (χ1n) is 6.51. The smallest absolute Gasteiger partial charge is 0.534 e. The Hall–Kier alpha value is -2.06. The number of carbonyl (C=O) groups is 2. The summed E-state index contributed by atoms with van der Waals surface area (Å²) in [4.78, 5) is 22.8. The van der Waals surface area contributed by atoms with E-state index in [4.69, 9.17) is 14.5 Å². The van der Waals surface area contributed by atoms with Crippen molar-refractivity contribution in [1.29, 1.82) is 0 Å². The molecule has 0 bridgehead atoms. The van der Waals surface area contributed by atoms with E-state index in [2.05, 4.69) is 5.32 Å². The molecule has 1 aliphatic rings. The third kappa shape index (κ3) is 3.53. The first kappa shape index (κ1) is 15.3. The molecule has 8 heteroatoms. The number of aromatic carboxylic acids is 1. The molecular formula is C13H16BNO6. The number of hydrogen-bond donors (Lipinski definition) is 3. The molecule has 1 aromatic rings. The van der Waals surface area contributed by atoms with E-state index in [0.29, 0.717) is 12.0 Å². The number of benzene rings is 1. The highest BCUT2D eigenvalue weighted by Gasteiger charge is 2.37. The zero-order chi connectivity index (χ0) is 15.4. The van der Waals surface area contributed by atoms with Gasteiger partial charge in [-0.1, -0.05) is 12.1 Å². The third-order valence-electron chi connectivity index (χ3n) is 3.23. The third-order valence-corrected chi connectivity index (χ3v) is 3.23. The molecule has 21 heavy (non-hydrogen) atoms. The zero-order valence-corrected chi connectivity index (χ0v) is 11.5. The van der Waals surface area contributed by atoms with Gasteiger partial charge in [0.25, 0.3) is 0 Å². The lowest BCUT2D eigenvalue weighted by molar-refractivity contribution is -0.122. The van der Waals surface area contributed by atoms with Crippen LogP contribution in [0, 0.1) is 0 Å². The highest BCUT2D eigenvalue weighted by atomic mass is 16.5. The lowest BCUT2D eigenvalue weighted by atomic mass is 9.72. The number of ether oxygens (including phenoxy) is 1. The average Bonchev–Trinajstić information content (AvgIpc) is 2.45. The summed E-state index contributed by atoms with van der Waals surface area (Å²) in [6.45, 7) is 0.287. The van der Waals surface area contributed by atoms with Gasteiger partial charge in [-0.15, -0.1) is 0 Å². The van der Waals surface area contributed by atoms with Gasteiger partial charge in [-0.25, -0.2) is 4.79 Å². The van der Waals surface area contributed by atoms with Gasteiger partial charge < -0.3 is 24.8 Å². The van der Waals surface area contributed by atoms with Crippen LogP contribution in [0.15, 0.2) is 18.2 Å². The minimum atomic E-state index is -1.29. The number of nitrogens with one attached hydrogen (secondary N) is 1. The van der Waals surface area contributed by atoms with Gasteiger partial charge in [-0.2, -0.15) is 0 Å². The maximum absolute atomic E-state index is 11.7. The van der Waals surface area contributed by atoms with Crippen molar-refractivity contribution in [3.05, 3.63) is 29.3 Å². The lowest BCUT2D eigenvalue weighted by Gasteiger charge is -2.28.